The molecule has 3 nitrogen and oxygen atoms in total. The lowest BCUT2D eigenvalue weighted by Gasteiger charge is -1.92. The van der Waals surface area contributed by atoms with Crippen molar-refractivity contribution in [1.29, 1.82) is 0 Å². The zero-order chi connectivity index (χ0) is 9.52. The van der Waals surface area contributed by atoms with E-state index in [1.807, 2.05) is 36.0 Å². The van der Waals surface area contributed by atoms with Crippen LogP contribution >= 0.6 is 0 Å². The minimum Gasteiger partial charge on any atom is -0.378 e. The van der Waals surface area contributed by atoms with Crippen LogP contribution < -0.4 is 0 Å². The van der Waals surface area contributed by atoms with Crippen LogP contribution in [0.5, 0.6) is 0 Å². The Morgan fingerprint density at radius 1 is 1.54 bits per heavy atom. The molecule has 0 aliphatic carbocycles. The Labute approximate surface area is 79.0 Å². The summed E-state index contributed by atoms with van der Waals surface area (Å²) in [4.78, 5) is 0. The smallest absolute Gasteiger partial charge is 0.0848 e. The summed E-state index contributed by atoms with van der Waals surface area (Å²) in [6.07, 6.45) is 5.92. The van der Waals surface area contributed by atoms with Gasteiger partial charge in [0.2, 0.25) is 0 Å². The number of nitrogens with zero attached hydrogens (tertiary/aromatic N) is 2. The van der Waals surface area contributed by atoms with Crippen molar-refractivity contribution in [3.8, 4) is 0 Å². The van der Waals surface area contributed by atoms with Crippen molar-refractivity contribution >= 4 is 6.08 Å². The summed E-state index contributed by atoms with van der Waals surface area (Å²) < 4.78 is 7.07. The molecule has 0 aromatic carbocycles. The molecule has 0 aliphatic rings. The van der Waals surface area contributed by atoms with E-state index in [4.69, 9.17) is 4.74 Å². The van der Waals surface area contributed by atoms with Crippen molar-refractivity contribution in [2.24, 2.45) is 0 Å². The molecule has 0 unspecified atom stereocenters. The van der Waals surface area contributed by atoms with E-state index in [1.165, 1.54) is 0 Å². The van der Waals surface area contributed by atoms with Crippen molar-refractivity contribution in [3.63, 3.8) is 0 Å². The van der Waals surface area contributed by atoms with Gasteiger partial charge >= 0.3 is 0 Å². The van der Waals surface area contributed by atoms with Crippen molar-refractivity contribution < 1.29 is 4.74 Å². The first-order valence-corrected chi connectivity index (χ1v) is 4.64. The van der Waals surface area contributed by atoms with Gasteiger partial charge in [0.1, 0.15) is 0 Å². The fraction of sp³-hybridized carbons (Fsp3) is 0.500. The Bertz CT molecular complexity index is 266. The van der Waals surface area contributed by atoms with Gasteiger partial charge in [0.05, 0.1) is 12.3 Å². The van der Waals surface area contributed by atoms with E-state index in [1.54, 1.807) is 0 Å². The molecule has 0 spiro atoms. The van der Waals surface area contributed by atoms with E-state index in [2.05, 4.69) is 12.0 Å². The van der Waals surface area contributed by atoms with Crippen LogP contribution in [0.15, 0.2) is 18.3 Å². The second kappa shape index (κ2) is 5.54. The lowest BCUT2D eigenvalue weighted by molar-refractivity contribution is 0.178. The molecule has 0 N–H and O–H groups in total. The predicted molar refractivity (Wildman–Crippen MR) is 53.4 cm³/mol. The SMILES string of the molecule is CCOC/C=C/c1ccn(CC)n1. The van der Waals surface area contributed by atoms with E-state index in [0.717, 1.165) is 18.8 Å². The fourth-order valence-corrected chi connectivity index (χ4v) is 0.997. The number of rotatable bonds is 5. The van der Waals surface area contributed by atoms with Crippen LogP contribution in [0.2, 0.25) is 0 Å². The third kappa shape index (κ3) is 3.42. The topological polar surface area (TPSA) is 27.1 Å². The molecular weight excluding hydrogens is 164 g/mol. The molecule has 1 heterocycles. The second-order valence-corrected chi connectivity index (χ2v) is 2.66. The number of hydrogen-bond acceptors (Lipinski definition) is 2. The zero-order valence-corrected chi connectivity index (χ0v) is 8.23. The molecule has 72 valence electrons. The van der Waals surface area contributed by atoms with Gasteiger partial charge in [-0.05, 0) is 26.0 Å². The van der Waals surface area contributed by atoms with Crippen LogP contribution in [0.4, 0.5) is 0 Å². The minimum atomic E-state index is 0.662. The standard InChI is InChI=1S/C10H16N2O/c1-3-12-8-7-10(11-12)6-5-9-13-4-2/h5-8H,3-4,9H2,1-2H3/b6-5+. The second-order valence-electron chi connectivity index (χ2n) is 2.66. The molecule has 1 aromatic rings. The molecule has 1 rings (SSSR count). The maximum absolute atomic E-state index is 5.17. The molecule has 0 fully saturated rings. The van der Waals surface area contributed by atoms with Gasteiger partial charge in [-0.1, -0.05) is 6.08 Å². The number of hydrogen-bond donors (Lipinski definition) is 0. The average molecular weight is 180 g/mol. The number of aromatic nitrogens is 2. The Balaban J connectivity index is 2.39. The van der Waals surface area contributed by atoms with Gasteiger partial charge < -0.3 is 4.74 Å². The molecule has 0 amide bonds. The van der Waals surface area contributed by atoms with Crippen molar-refractivity contribution in [1.82, 2.24) is 9.78 Å². The summed E-state index contributed by atoms with van der Waals surface area (Å²) in [6, 6.07) is 1.99. The lowest BCUT2D eigenvalue weighted by atomic mass is 10.4. The molecule has 3 heteroatoms. The third-order valence-electron chi connectivity index (χ3n) is 1.69. The van der Waals surface area contributed by atoms with Crippen molar-refractivity contribution in [2.75, 3.05) is 13.2 Å². The molecule has 13 heavy (non-hydrogen) atoms. The van der Waals surface area contributed by atoms with Gasteiger partial charge in [0.15, 0.2) is 0 Å². The van der Waals surface area contributed by atoms with Gasteiger partial charge in [-0.2, -0.15) is 5.10 Å². The highest BCUT2D eigenvalue weighted by Crippen LogP contribution is 1.98. The molecule has 0 atom stereocenters. The highest BCUT2D eigenvalue weighted by Gasteiger charge is 1.90. The molecule has 0 aliphatic heterocycles. The quantitative estimate of drug-likeness (QED) is 0.648. The highest BCUT2D eigenvalue weighted by molar-refractivity contribution is 5.43. The van der Waals surface area contributed by atoms with Crippen LogP contribution in [0, 0.1) is 0 Å². The van der Waals surface area contributed by atoms with E-state index in [0.29, 0.717) is 6.61 Å². The minimum absolute atomic E-state index is 0.662. The first-order chi connectivity index (χ1) is 6.36. The number of aryl methyl sites for hydroxylation is 1. The molecular formula is C10H16N2O. The first kappa shape index (κ1) is 9.99. The lowest BCUT2D eigenvalue weighted by Crippen LogP contribution is -1.93. The summed E-state index contributed by atoms with van der Waals surface area (Å²) in [5.41, 5.74) is 0.988. The van der Waals surface area contributed by atoms with Crippen LogP contribution in [0.25, 0.3) is 6.08 Å². The predicted octanol–water partition coefficient (Wildman–Crippen LogP) is 1.95. The van der Waals surface area contributed by atoms with Gasteiger partial charge in [-0.3, -0.25) is 4.68 Å². The van der Waals surface area contributed by atoms with E-state index in [9.17, 15) is 0 Å². The normalized spacial score (nSPS) is 11.2. The van der Waals surface area contributed by atoms with Crippen molar-refractivity contribution in [3.05, 3.63) is 24.0 Å². The van der Waals surface area contributed by atoms with Gasteiger partial charge in [-0.25, -0.2) is 0 Å². The van der Waals surface area contributed by atoms with E-state index in [-0.39, 0.29) is 0 Å². The number of ether oxygens (including phenoxy) is 1. The highest BCUT2D eigenvalue weighted by atomic mass is 16.5. The van der Waals surface area contributed by atoms with E-state index < -0.39 is 0 Å². The Hall–Kier alpha value is -1.09. The summed E-state index contributed by atoms with van der Waals surface area (Å²) >= 11 is 0. The first-order valence-electron chi connectivity index (χ1n) is 4.64. The van der Waals surface area contributed by atoms with Crippen LogP contribution in [0.3, 0.4) is 0 Å². The fourth-order valence-electron chi connectivity index (χ4n) is 0.997. The van der Waals surface area contributed by atoms with Crippen LogP contribution in [-0.2, 0) is 11.3 Å². The zero-order valence-electron chi connectivity index (χ0n) is 8.23. The van der Waals surface area contributed by atoms with Crippen molar-refractivity contribution in [2.45, 2.75) is 20.4 Å². The summed E-state index contributed by atoms with van der Waals surface area (Å²) in [7, 11) is 0. The molecule has 0 saturated carbocycles. The summed E-state index contributed by atoms with van der Waals surface area (Å²) in [5.74, 6) is 0. The maximum atomic E-state index is 5.17. The molecule has 0 saturated heterocycles. The average Bonchev–Trinajstić information content (AvgIpc) is 2.60. The van der Waals surface area contributed by atoms with E-state index >= 15 is 0 Å². The Morgan fingerprint density at radius 2 is 2.38 bits per heavy atom. The summed E-state index contributed by atoms with van der Waals surface area (Å²) in [5, 5.41) is 4.30. The van der Waals surface area contributed by atoms with Gasteiger partial charge in [0, 0.05) is 19.3 Å². The largest absolute Gasteiger partial charge is 0.378 e. The monoisotopic (exact) mass is 180 g/mol. The van der Waals surface area contributed by atoms with Gasteiger partial charge in [0.25, 0.3) is 0 Å². The Kier molecular flexibility index (Phi) is 4.26. The molecule has 0 bridgehead atoms. The summed E-state index contributed by atoms with van der Waals surface area (Å²) in [6.45, 7) is 6.39. The Morgan fingerprint density at radius 3 is 3.00 bits per heavy atom. The molecule has 1 aromatic heterocycles. The van der Waals surface area contributed by atoms with Crippen LogP contribution in [0.1, 0.15) is 19.5 Å². The third-order valence-corrected chi connectivity index (χ3v) is 1.69. The molecule has 0 radical (unpaired) electrons. The van der Waals surface area contributed by atoms with Crippen LogP contribution in [-0.4, -0.2) is 23.0 Å². The maximum Gasteiger partial charge on any atom is 0.0848 e. The van der Waals surface area contributed by atoms with Gasteiger partial charge in [-0.15, -0.1) is 0 Å².